The molecule has 0 aromatic heterocycles. The standard InChI is InChI=1S/C17H29NO/c1-4-7-15-9-11-16(12-10-15)17(18-13-5-2)8-6-14-19-3/h9-12,17-18H,4-8,13-14H2,1-3H3. The monoisotopic (exact) mass is 263 g/mol. The van der Waals surface area contributed by atoms with Crippen LogP contribution in [0.4, 0.5) is 0 Å². The van der Waals surface area contributed by atoms with E-state index in [0.717, 1.165) is 26.0 Å². The van der Waals surface area contributed by atoms with Gasteiger partial charge < -0.3 is 10.1 Å². The number of methoxy groups -OCH3 is 1. The van der Waals surface area contributed by atoms with Gasteiger partial charge in [-0.3, -0.25) is 0 Å². The fourth-order valence-corrected chi connectivity index (χ4v) is 2.34. The second kappa shape index (κ2) is 9.99. The number of aryl methyl sites for hydroxylation is 1. The Bertz CT molecular complexity index is 321. The number of hydrogen-bond acceptors (Lipinski definition) is 2. The molecule has 0 fully saturated rings. The molecule has 2 heteroatoms. The van der Waals surface area contributed by atoms with Gasteiger partial charge in [-0.2, -0.15) is 0 Å². The van der Waals surface area contributed by atoms with Crippen molar-refractivity contribution < 1.29 is 4.74 Å². The van der Waals surface area contributed by atoms with E-state index in [1.165, 1.54) is 30.4 Å². The van der Waals surface area contributed by atoms with Crippen LogP contribution in [0.25, 0.3) is 0 Å². The van der Waals surface area contributed by atoms with Gasteiger partial charge in [0, 0.05) is 19.8 Å². The summed E-state index contributed by atoms with van der Waals surface area (Å²) >= 11 is 0. The number of ether oxygens (including phenoxy) is 1. The van der Waals surface area contributed by atoms with Crippen molar-refractivity contribution in [2.45, 2.75) is 52.0 Å². The van der Waals surface area contributed by atoms with Gasteiger partial charge in [0.2, 0.25) is 0 Å². The van der Waals surface area contributed by atoms with E-state index in [2.05, 4.69) is 43.4 Å². The lowest BCUT2D eigenvalue weighted by atomic mass is 9.99. The Morgan fingerprint density at radius 1 is 1.11 bits per heavy atom. The third-order valence-electron chi connectivity index (χ3n) is 3.40. The first-order chi connectivity index (χ1) is 9.31. The van der Waals surface area contributed by atoms with E-state index in [9.17, 15) is 0 Å². The molecule has 1 N–H and O–H groups in total. The fourth-order valence-electron chi connectivity index (χ4n) is 2.34. The molecule has 1 rings (SSSR count). The lowest BCUT2D eigenvalue weighted by molar-refractivity contribution is 0.188. The van der Waals surface area contributed by atoms with Crippen LogP contribution in [0.3, 0.4) is 0 Å². The first-order valence-corrected chi connectivity index (χ1v) is 7.63. The second-order valence-electron chi connectivity index (χ2n) is 5.13. The first kappa shape index (κ1) is 16.2. The summed E-state index contributed by atoms with van der Waals surface area (Å²) in [6.07, 6.45) is 5.81. The quantitative estimate of drug-likeness (QED) is 0.642. The van der Waals surface area contributed by atoms with Crippen LogP contribution in [-0.4, -0.2) is 20.3 Å². The van der Waals surface area contributed by atoms with E-state index >= 15 is 0 Å². The van der Waals surface area contributed by atoms with Crippen molar-refractivity contribution in [1.82, 2.24) is 5.32 Å². The molecule has 1 aromatic rings. The molecule has 2 nitrogen and oxygen atoms in total. The molecule has 0 heterocycles. The van der Waals surface area contributed by atoms with Crippen LogP contribution < -0.4 is 5.32 Å². The van der Waals surface area contributed by atoms with Crippen LogP contribution in [0.2, 0.25) is 0 Å². The molecule has 0 bridgehead atoms. The highest BCUT2D eigenvalue weighted by molar-refractivity contribution is 5.25. The molecule has 1 unspecified atom stereocenters. The van der Waals surface area contributed by atoms with Gasteiger partial charge in [-0.05, 0) is 43.4 Å². The summed E-state index contributed by atoms with van der Waals surface area (Å²) in [6.45, 7) is 6.36. The molecule has 0 saturated carbocycles. The molecule has 19 heavy (non-hydrogen) atoms. The van der Waals surface area contributed by atoms with E-state index in [1.54, 1.807) is 7.11 Å². The van der Waals surface area contributed by atoms with Crippen LogP contribution in [0.1, 0.15) is 56.7 Å². The molecule has 0 aliphatic heterocycles. The van der Waals surface area contributed by atoms with Gasteiger partial charge in [0.1, 0.15) is 0 Å². The molecular weight excluding hydrogens is 234 g/mol. The van der Waals surface area contributed by atoms with E-state index in [1.807, 2.05) is 0 Å². The first-order valence-electron chi connectivity index (χ1n) is 7.63. The molecule has 0 aliphatic rings. The van der Waals surface area contributed by atoms with Crippen molar-refractivity contribution >= 4 is 0 Å². The SMILES string of the molecule is CCCNC(CCCOC)c1ccc(CCC)cc1. The minimum Gasteiger partial charge on any atom is -0.385 e. The van der Waals surface area contributed by atoms with Crippen molar-refractivity contribution in [2.75, 3.05) is 20.3 Å². The van der Waals surface area contributed by atoms with Crippen LogP contribution >= 0.6 is 0 Å². The highest BCUT2D eigenvalue weighted by Gasteiger charge is 2.10. The van der Waals surface area contributed by atoms with Gasteiger partial charge in [-0.25, -0.2) is 0 Å². The molecule has 0 saturated heterocycles. The maximum atomic E-state index is 5.16. The number of nitrogens with one attached hydrogen (secondary N) is 1. The van der Waals surface area contributed by atoms with Gasteiger partial charge in [0.15, 0.2) is 0 Å². The van der Waals surface area contributed by atoms with Gasteiger partial charge in [0.05, 0.1) is 0 Å². The number of hydrogen-bond donors (Lipinski definition) is 1. The van der Waals surface area contributed by atoms with Crippen LogP contribution in [0, 0.1) is 0 Å². The van der Waals surface area contributed by atoms with Crippen molar-refractivity contribution in [3.8, 4) is 0 Å². The van der Waals surface area contributed by atoms with Crippen molar-refractivity contribution in [3.05, 3.63) is 35.4 Å². The Kier molecular flexibility index (Phi) is 8.52. The summed E-state index contributed by atoms with van der Waals surface area (Å²) in [4.78, 5) is 0. The third kappa shape index (κ3) is 6.22. The van der Waals surface area contributed by atoms with Gasteiger partial charge >= 0.3 is 0 Å². The van der Waals surface area contributed by atoms with E-state index in [-0.39, 0.29) is 0 Å². The zero-order valence-corrected chi connectivity index (χ0v) is 12.7. The average Bonchev–Trinajstić information content (AvgIpc) is 2.44. The summed E-state index contributed by atoms with van der Waals surface area (Å²) < 4.78 is 5.16. The summed E-state index contributed by atoms with van der Waals surface area (Å²) in [5.41, 5.74) is 2.85. The van der Waals surface area contributed by atoms with Crippen molar-refractivity contribution in [2.24, 2.45) is 0 Å². The maximum absolute atomic E-state index is 5.16. The van der Waals surface area contributed by atoms with E-state index < -0.39 is 0 Å². The molecule has 1 atom stereocenters. The Morgan fingerprint density at radius 3 is 2.42 bits per heavy atom. The smallest absolute Gasteiger partial charge is 0.0462 e. The average molecular weight is 263 g/mol. The predicted octanol–water partition coefficient (Wildman–Crippen LogP) is 4.11. The zero-order chi connectivity index (χ0) is 13.9. The molecule has 0 spiro atoms. The topological polar surface area (TPSA) is 21.3 Å². The Labute approximate surface area is 118 Å². The minimum absolute atomic E-state index is 0.464. The zero-order valence-electron chi connectivity index (χ0n) is 12.7. The number of benzene rings is 1. The molecule has 108 valence electrons. The van der Waals surface area contributed by atoms with Gasteiger partial charge in [0.25, 0.3) is 0 Å². The van der Waals surface area contributed by atoms with Crippen LogP contribution in [0.5, 0.6) is 0 Å². The molecular formula is C17H29NO. The predicted molar refractivity (Wildman–Crippen MR) is 82.6 cm³/mol. The van der Waals surface area contributed by atoms with Gasteiger partial charge in [-0.15, -0.1) is 0 Å². The Balaban J connectivity index is 2.60. The molecule has 0 radical (unpaired) electrons. The maximum Gasteiger partial charge on any atom is 0.0462 e. The van der Waals surface area contributed by atoms with E-state index in [4.69, 9.17) is 4.74 Å². The summed E-state index contributed by atoms with van der Waals surface area (Å²) in [7, 11) is 1.77. The highest BCUT2D eigenvalue weighted by Crippen LogP contribution is 2.19. The number of rotatable bonds is 10. The summed E-state index contributed by atoms with van der Waals surface area (Å²) in [5.74, 6) is 0. The van der Waals surface area contributed by atoms with Crippen LogP contribution in [0.15, 0.2) is 24.3 Å². The largest absolute Gasteiger partial charge is 0.385 e. The summed E-state index contributed by atoms with van der Waals surface area (Å²) in [5, 5.41) is 3.64. The van der Waals surface area contributed by atoms with Crippen molar-refractivity contribution in [3.63, 3.8) is 0 Å². The highest BCUT2D eigenvalue weighted by atomic mass is 16.5. The normalized spacial score (nSPS) is 12.6. The molecule has 1 aromatic carbocycles. The van der Waals surface area contributed by atoms with Gasteiger partial charge in [-0.1, -0.05) is 44.5 Å². The third-order valence-corrected chi connectivity index (χ3v) is 3.40. The Morgan fingerprint density at radius 2 is 1.84 bits per heavy atom. The lowest BCUT2D eigenvalue weighted by Crippen LogP contribution is -2.22. The molecule has 0 amide bonds. The Hall–Kier alpha value is -0.860. The fraction of sp³-hybridized carbons (Fsp3) is 0.647. The van der Waals surface area contributed by atoms with Crippen LogP contribution in [-0.2, 0) is 11.2 Å². The van der Waals surface area contributed by atoms with Crippen molar-refractivity contribution in [1.29, 1.82) is 0 Å². The van der Waals surface area contributed by atoms with E-state index in [0.29, 0.717) is 6.04 Å². The summed E-state index contributed by atoms with van der Waals surface area (Å²) in [6, 6.07) is 9.58. The minimum atomic E-state index is 0.464. The molecule has 0 aliphatic carbocycles. The lowest BCUT2D eigenvalue weighted by Gasteiger charge is -2.19. The second-order valence-corrected chi connectivity index (χ2v) is 5.13.